The highest BCUT2D eigenvalue weighted by Gasteiger charge is 2.20. The van der Waals surface area contributed by atoms with E-state index in [9.17, 15) is 4.79 Å². The molecule has 3 aromatic rings. The molecule has 2 N–H and O–H groups in total. The fourth-order valence-electron chi connectivity index (χ4n) is 2.83. The molecule has 2 aromatic carbocycles. The van der Waals surface area contributed by atoms with Crippen molar-refractivity contribution in [3.63, 3.8) is 0 Å². The predicted molar refractivity (Wildman–Crippen MR) is 94.3 cm³/mol. The number of fused-ring (bicyclic) bond motifs is 3. The van der Waals surface area contributed by atoms with Crippen LogP contribution in [0.5, 0.6) is 0 Å². The van der Waals surface area contributed by atoms with Gasteiger partial charge in [0, 0.05) is 23.0 Å². The Morgan fingerprint density at radius 3 is 2.75 bits per heavy atom. The number of nitrogens with zero attached hydrogens (tertiary/aromatic N) is 2. The van der Waals surface area contributed by atoms with E-state index in [4.69, 9.17) is 0 Å². The van der Waals surface area contributed by atoms with E-state index < -0.39 is 0 Å². The molecular weight excluding hydrogens is 300 g/mol. The maximum Gasteiger partial charge on any atom is 0.228 e. The lowest BCUT2D eigenvalue weighted by atomic mass is 10.1. The minimum absolute atomic E-state index is 0.0515. The zero-order chi connectivity index (χ0) is 16.5. The maximum absolute atomic E-state index is 12.0. The fourth-order valence-corrected chi connectivity index (χ4v) is 2.83. The van der Waals surface area contributed by atoms with Crippen LogP contribution in [0.3, 0.4) is 0 Å². The van der Waals surface area contributed by atoms with E-state index in [0.717, 1.165) is 33.8 Å². The van der Waals surface area contributed by atoms with Crippen LogP contribution in [0.2, 0.25) is 0 Å². The average molecular weight is 316 g/mol. The van der Waals surface area contributed by atoms with Gasteiger partial charge in [-0.05, 0) is 24.6 Å². The normalized spacial score (nSPS) is 12.6. The third kappa shape index (κ3) is 2.60. The van der Waals surface area contributed by atoms with Crippen molar-refractivity contribution in [2.75, 3.05) is 10.6 Å². The molecule has 4 rings (SSSR count). The second kappa shape index (κ2) is 5.77. The Morgan fingerprint density at radius 1 is 1.08 bits per heavy atom. The molecule has 0 saturated carbocycles. The van der Waals surface area contributed by atoms with Gasteiger partial charge < -0.3 is 10.6 Å². The number of hydrogen-bond donors (Lipinski definition) is 2. The van der Waals surface area contributed by atoms with Crippen molar-refractivity contribution < 1.29 is 4.79 Å². The number of para-hydroxylation sites is 2. The number of aromatic nitrogens is 2. The van der Waals surface area contributed by atoms with Crippen LogP contribution in [0.25, 0.3) is 11.3 Å². The van der Waals surface area contributed by atoms with Crippen molar-refractivity contribution >= 4 is 23.2 Å². The molecule has 0 unspecified atom stereocenters. The monoisotopic (exact) mass is 316 g/mol. The second-order valence-electron chi connectivity index (χ2n) is 5.78. The van der Waals surface area contributed by atoms with Gasteiger partial charge in [0.25, 0.3) is 0 Å². The summed E-state index contributed by atoms with van der Waals surface area (Å²) in [5, 5.41) is 6.18. The summed E-state index contributed by atoms with van der Waals surface area (Å²) in [4.78, 5) is 21.1. The van der Waals surface area contributed by atoms with Gasteiger partial charge in [-0.1, -0.05) is 36.4 Å². The SMILES string of the molecule is Cc1ccccc1Nc1ncc2c(n1)-c1ccccc1NC(=O)C2. The summed E-state index contributed by atoms with van der Waals surface area (Å²) < 4.78 is 0. The van der Waals surface area contributed by atoms with Crippen molar-refractivity contribution in [1.29, 1.82) is 0 Å². The Morgan fingerprint density at radius 2 is 1.88 bits per heavy atom. The number of benzene rings is 2. The third-order valence-electron chi connectivity index (χ3n) is 4.06. The summed E-state index contributed by atoms with van der Waals surface area (Å²) >= 11 is 0. The standard InChI is InChI=1S/C19H16N4O/c1-12-6-2-4-8-15(12)22-19-20-11-13-10-17(24)21-16-9-5-3-7-14(16)18(13)23-19/h2-9,11H,10H2,1H3,(H,21,24)(H,20,22,23). The van der Waals surface area contributed by atoms with Crippen molar-refractivity contribution in [3.05, 3.63) is 65.9 Å². The molecule has 5 nitrogen and oxygen atoms in total. The van der Waals surface area contributed by atoms with Crippen LogP contribution in [0.4, 0.5) is 17.3 Å². The molecule has 118 valence electrons. The van der Waals surface area contributed by atoms with Crippen LogP contribution in [0, 0.1) is 6.92 Å². The van der Waals surface area contributed by atoms with E-state index in [0.29, 0.717) is 5.95 Å². The van der Waals surface area contributed by atoms with Gasteiger partial charge in [-0.15, -0.1) is 0 Å². The Labute approximate surface area is 139 Å². The number of nitrogens with one attached hydrogen (secondary N) is 2. The van der Waals surface area contributed by atoms with E-state index in [-0.39, 0.29) is 12.3 Å². The number of carbonyl (C=O) groups is 1. The number of amides is 1. The minimum Gasteiger partial charge on any atom is -0.325 e. The lowest BCUT2D eigenvalue weighted by molar-refractivity contribution is -0.115. The largest absolute Gasteiger partial charge is 0.325 e. The first-order valence-electron chi connectivity index (χ1n) is 7.78. The van der Waals surface area contributed by atoms with E-state index in [1.54, 1.807) is 6.20 Å². The Bertz CT molecular complexity index is 936. The summed E-state index contributed by atoms with van der Waals surface area (Å²) in [6.45, 7) is 2.03. The highest BCUT2D eigenvalue weighted by Crippen LogP contribution is 2.32. The van der Waals surface area contributed by atoms with Gasteiger partial charge in [-0.25, -0.2) is 9.97 Å². The van der Waals surface area contributed by atoms with E-state index in [2.05, 4.69) is 20.6 Å². The van der Waals surface area contributed by atoms with Crippen molar-refractivity contribution in [2.24, 2.45) is 0 Å². The minimum atomic E-state index is -0.0515. The number of aryl methyl sites for hydroxylation is 1. The molecule has 24 heavy (non-hydrogen) atoms. The van der Waals surface area contributed by atoms with Crippen molar-refractivity contribution in [1.82, 2.24) is 9.97 Å². The number of carbonyl (C=O) groups excluding carboxylic acids is 1. The van der Waals surface area contributed by atoms with E-state index in [1.165, 1.54) is 0 Å². The van der Waals surface area contributed by atoms with Crippen LogP contribution in [0.15, 0.2) is 54.7 Å². The first-order valence-corrected chi connectivity index (χ1v) is 7.78. The van der Waals surface area contributed by atoms with Crippen LogP contribution in [0.1, 0.15) is 11.1 Å². The number of rotatable bonds is 2. The van der Waals surface area contributed by atoms with Gasteiger partial charge >= 0.3 is 0 Å². The zero-order valence-electron chi connectivity index (χ0n) is 13.2. The molecular formula is C19H16N4O. The van der Waals surface area contributed by atoms with Gasteiger partial charge in [-0.2, -0.15) is 0 Å². The smallest absolute Gasteiger partial charge is 0.228 e. The molecule has 1 aliphatic heterocycles. The molecule has 1 aromatic heterocycles. The Hall–Kier alpha value is -3.21. The molecule has 1 aliphatic rings. The first kappa shape index (κ1) is 14.4. The summed E-state index contributed by atoms with van der Waals surface area (Å²) in [7, 11) is 0. The van der Waals surface area contributed by atoms with Gasteiger partial charge in [0.15, 0.2) is 0 Å². The highest BCUT2D eigenvalue weighted by molar-refractivity contribution is 5.99. The molecule has 1 amide bonds. The van der Waals surface area contributed by atoms with Crippen molar-refractivity contribution in [3.8, 4) is 11.3 Å². The van der Waals surface area contributed by atoms with Gasteiger partial charge in [0.05, 0.1) is 17.8 Å². The number of hydrogen-bond acceptors (Lipinski definition) is 4. The molecule has 2 heterocycles. The highest BCUT2D eigenvalue weighted by atomic mass is 16.1. The lowest BCUT2D eigenvalue weighted by Crippen LogP contribution is -2.12. The Kier molecular flexibility index (Phi) is 3.46. The fraction of sp³-hybridized carbons (Fsp3) is 0.105. The first-order chi connectivity index (χ1) is 11.7. The average Bonchev–Trinajstić information content (AvgIpc) is 2.72. The summed E-state index contributed by atoms with van der Waals surface area (Å²) in [5.41, 5.74) is 5.39. The zero-order valence-corrected chi connectivity index (χ0v) is 13.2. The molecule has 5 heteroatoms. The molecule has 0 radical (unpaired) electrons. The molecule has 0 bridgehead atoms. The summed E-state index contributed by atoms with van der Waals surface area (Å²) in [6, 6.07) is 15.7. The Balaban J connectivity index is 1.79. The maximum atomic E-state index is 12.0. The molecule has 0 aliphatic carbocycles. The van der Waals surface area contributed by atoms with Crippen LogP contribution in [-0.2, 0) is 11.2 Å². The molecule has 0 spiro atoms. The summed E-state index contributed by atoms with van der Waals surface area (Å²) in [6.07, 6.45) is 2.00. The van der Waals surface area contributed by atoms with E-state index >= 15 is 0 Å². The van der Waals surface area contributed by atoms with Gasteiger partial charge in [0.1, 0.15) is 0 Å². The quantitative estimate of drug-likeness (QED) is 0.756. The second-order valence-corrected chi connectivity index (χ2v) is 5.78. The number of anilines is 3. The molecule has 0 fully saturated rings. The van der Waals surface area contributed by atoms with E-state index in [1.807, 2.05) is 55.5 Å². The molecule has 0 saturated heterocycles. The molecule has 0 atom stereocenters. The van der Waals surface area contributed by atoms with Gasteiger partial charge in [0.2, 0.25) is 11.9 Å². The van der Waals surface area contributed by atoms with Gasteiger partial charge in [-0.3, -0.25) is 4.79 Å². The topological polar surface area (TPSA) is 66.9 Å². The van der Waals surface area contributed by atoms with Crippen LogP contribution < -0.4 is 10.6 Å². The van der Waals surface area contributed by atoms with Crippen LogP contribution in [-0.4, -0.2) is 15.9 Å². The predicted octanol–water partition coefficient (Wildman–Crippen LogP) is 3.69. The lowest BCUT2D eigenvalue weighted by Gasteiger charge is -2.11. The summed E-state index contributed by atoms with van der Waals surface area (Å²) in [5.74, 6) is 0.469. The van der Waals surface area contributed by atoms with Crippen LogP contribution >= 0.6 is 0 Å². The van der Waals surface area contributed by atoms with Crippen molar-refractivity contribution in [2.45, 2.75) is 13.3 Å². The third-order valence-corrected chi connectivity index (χ3v) is 4.06.